The van der Waals surface area contributed by atoms with Gasteiger partial charge in [-0.25, -0.2) is 4.39 Å². The summed E-state index contributed by atoms with van der Waals surface area (Å²) in [5, 5.41) is 9.42. The number of aromatic hydroxyl groups is 1. The lowest BCUT2D eigenvalue weighted by molar-refractivity contribution is 0.414. The van der Waals surface area contributed by atoms with E-state index < -0.39 is 5.82 Å². The second kappa shape index (κ2) is 7.75. The van der Waals surface area contributed by atoms with Crippen LogP contribution < -0.4 is 4.74 Å². The van der Waals surface area contributed by atoms with Gasteiger partial charge in [-0.15, -0.1) is 0 Å². The second-order valence-corrected chi connectivity index (χ2v) is 4.68. The molecule has 0 aliphatic carbocycles. The largest absolute Gasteiger partial charge is 0.505 e. The number of phenols is 1. The van der Waals surface area contributed by atoms with Crippen LogP contribution in [0.5, 0.6) is 11.5 Å². The van der Waals surface area contributed by atoms with Crippen molar-refractivity contribution in [3.05, 3.63) is 58.4 Å². The molecule has 20 heavy (non-hydrogen) atoms. The summed E-state index contributed by atoms with van der Waals surface area (Å²) in [6.45, 7) is 3.94. The van der Waals surface area contributed by atoms with Crippen LogP contribution in [0.15, 0.2) is 36.4 Å². The topological polar surface area (TPSA) is 29.5 Å². The Bertz CT molecular complexity index is 570. The monoisotopic (exact) mass is 296 g/mol. The van der Waals surface area contributed by atoms with E-state index in [0.717, 1.165) is 23.3 Å². The lowest BCUT2D eigenvalue weighted by Crippen LogP contribution is -1.83. The van der Waals surface area contributed by atoms with Crippen molar-refractivity contribution in [3.63, 3.8) is 0 Å². The molecule has 0 spiro atoms. The molecule has 2 aromatic carbocycles. The van der Waals surface area contributed by atoms with Gasteiger partial charge >= 0.3 is 0 Å². The molecular weight excluding hydrogens is 279 g/mol. The van der Waals surface area contributed by atoms with Gasteiger partial charge in [0.05, 0.1) is 12.1 Å². The summed E-state index contributed by atoms with van der Waals surface area (Å²) in [7, 11) is 1.61. The highest BCUT2D eigenvalue weighted by molar-refractivity contribution is 6.32. The lowest BCUT2D eigenvalue weighted by Gasteiger charge is -2.01. The van der Waals surface area contributed by atoms with Crippen molar-refractivity contribution in [3.8, 4) is 11.5 Å². The molecule has 0 atom stereocenters. The van der Waals surface area contributed by atoms with Crippen LogP contribution in [0.4, 0.5) is 4.39 Å². The summed E-state index contributed by atoms with van der Waals surface area (Å²) >= 11 is 5.77. The molecule has 0 aliphatic rings. The first-order valence-electron chi connectivity index (χ1n) is 6.25. The third kappa shape index (κ3) is 4.74. The van der Waals surface area contributed by atoms with Gasteiger partial charge in [-0.05, 0) is 48.7 Å². The Labute approximate surface area is 123 Å². The van der Waals surface area contributed by atoms with E-state index in [-0.39, 0.29) is 5.75 Å². The molecule has 0 aliphatic heterocycles. The van der Waals surface area contributed by atoms with Crippen molar-refractivity contribution in [1.29, 1.82) is 0 Å². The van der Waals surface area contributed by atoms with Crippen molar-refractivity contribution < 1.29 is 14.2 Å². The van der Waals surface area contributed by atoms with Crippen LogP contribution in [0.2, 0.25) is 5.02 Å². The number of hydrogen-bond donors (Lipinski definition) is 1. The molecule has 0 amide bonds. The number of ether oxygens (including phenoxy) is 1. The number of benzene rings is 2. The zero-order chi connectivity index (χ0) is 15.1. The average Bonchev–Trinajstić information content (AvgIpc) is 2.45. The maximum atomic E-state index is 12.5. The van der Waals surface area contributed by atoms with E-state index >= 15 is 0 Å². The summed E-state index contributed by atoms with van der Waals surface area (Å²) in [6.07, 6.45) is 0.789. The van der Waals surface area contributed by atoms with E-state index in [9.17, 15) is 4.39 Å². The highest BCUT2D eigenvalue weighted by atomic mass is 35.5. The Morgan fingerprint density at radius 1 is 1.20 bits per heavy atom. The molecule has 0 unspecified atom stereocenters. The number of rotatable bonds is 2. The number of phenolic OH excluding ortho intramolecular Hbond substituents is 1. The lowest BCUT2D eigenvalue weighted by atomic mass is 10.2. The van der Waals surface area contributed by atoms with Crippen molar-refractivity contribution in [1.82, 2.24) is 0 Å². The average molecular weight is 297 g/mol. The van der Waals surface area contributed by atoms with Crippen LogP contribution in [0.3, 0.4) is 0 Å². The Hall–Kier alpha value is -1.74. The maximum absolute atomic E-state index is 12.5. The first kappa shape index (κ1) is 16.3. The number of halogens is 2. The summed E-state index contributed by atoms with van der Waals surface area (Å²) < 4.78 is 17.5. The van der Waals surface area contributed by atoms with Crippen molar-refractivity contribution in [2.45, 2.75) is 20.3 Å². The van der Waals surface area contributed by atoms with Crippen LogP contribution >= 0.6 is 11.6 Å². The molecule has 2 aromatic rings. The zero-order valence-electron chi connectivity index (χ0n) is 11.8. The molecule has 2 nitrogen and oxygen atoms in total. The molecule has 108 valence electrons. The second-order valence-electron chi connectivity index (χ2n) is 4.28. The van der Waals surface area contributed by atoms with Crippen LogP contribution in [0.25, 0.3) is 0 Å². The molecule has 0 heterocycles. The summed E-state index contributed by atoms with van der Waals surface area (Å²) in [4.78, 5) is 0. The fourth-order valence-electron chi connectivity index (χ4n) is 1.54. The molecule has 0 saturated carbocycles. The molecule has 2 rings (SSSR count). The van der Waals surface area contributed by atoms with E-state index in [4.69, 9.17) is 21.4 Å². The van der Waals surface area contributed by atoms with Gasteiger partial charge in [0.15, 0.2) is 11.6 Å². The fraction of sp³-hybridized carbons (Fsp3) is 0.250. The minimum atomic E-state index is -0.542. The Kier molecular flexibility index (Phi) is 6.32. The van der Waals surface area contributed by atoms with Crippen molar-refractivity contribution in [2.75, 3.05) is 7.11 Å². The molecular formula is C16H18ClFO2. The van der Waals surface area contributed by atoms with Gasteiger partial charge in [0.1, 0.15) is 5.75 Å². The number of aryl methyl sites for hydroxylation is 2. The van der Waals surface area contributed by atoms with Crippen LogP contribution in [0, 0.1) is 12.7 Å². The highest BCUT2D eigenvalue weighted by Crippen LogP contribution is 2.24. The minimum absolute atomic E-state index is 0.280. The van der Waals surface area contributed by atoms with Crippen molar-refractivity contribution in [2.24, 2.45) is 0 Å². The van der Waals surface area contributed by atoms with Gasteiger partial charge < -0.3 is 9.84 Å². The smallest absolute Gasteiger partial charge is 0.165 e. The van der Waals surface area contributed by atoms with E-state index in [0.29, 0.717) is 5.02 Å². The van der Waals surface area contributed by atoms with Gasteiger partial charge in [-0.3, -0.25) is 0 Å². The standard InChI is InChI=1S/C8H9ClO.C8H9FO/c1-6-3-4-7(9)8(5-6)10-2;1-2-6-3-4-8(10)7(9)5-6/h3-5H,1-2H3;3-5,10H,2H2,1H3. The number of hydrogen-bond acceptors (Lipinski definition) is 2. The minimum Gasteiger partial charge on any atom is -0.505 e. The van der Waals surface area contributed by atoms with Gasteiger partial charge in [0, 0.05) is 0 Å². The molecule has 0 radical (unpaired) electrons. The first-order chi connectivity index (χ1) is 9.47. The molecule has 0 fully saturated rings. The first-order valence-corrected chi connectivity index (χ1v) is 6.63. The van der Waals surface area contributed by atoms with Gasteiger partial charge in [0.25, 0.3) is 0 Å². The summed E-state index contributed by atoms with van der Waals surface area (Å²) in [5.41, 5.74) is 2.05. The van der Waals surface area contributed by atoms with Crippen LogP contribution in [0.1, 0.15) is 18.1 Å². The zero-order valence-corrected chi connectivity index (χ0v) is 12.5. The molecule has 4 heteroatoms. The molecule has 0 aromatic heterocycles. The maximum Gasteiger partial charge on any atom is 0.165 e. The third-order valence-electron chi connectivity index (χ3n) is 2.73. The van der Waals surface area contributed by atoms with Gasteiger partial charge in [-0.2, -0.15) is 0 Å². The van der Waals surface area contributed by atoms with Crippen LogP contribution in [-0.2, 0) is 6.42 Å². The third-order valence-corrected chi connectivity index (χ3v) is 3.04. The normalized spacial score (nSPS) is 9.65. The van der Waals surface area contributed by atoms with E-state index in [1.807, 2.05) is 32.0 Å². The van der Waals surface area contributed by atoms with Crippen molar-refractivity contribution >= 4 is 11.6 Å². The fourth-order valence-corrected chi connectivity index (χ4v) is 1.73. The quantitative estimate of drug-likeness (QED) is 0.866. The van der Waals surface area contributed by atoms with E-state index in [2.05, 4.69) is 0 Å². The van der Waals surface area contributed by atoms with Crippen LogP contribution in [-0.4, -0.2) is 12.2 Å². The predicted octanol–water partition coefficient (Wildman–Crippen LogP) is 4.75. The molecule has 0 bridgehead atoms. The Balaban J connectivity index is 0.000000200. The summed E-state index contributed by atoms with van der Waals surface area (Å²) in [5.74, 6) is -0.0850. The van der Waals surface area contributed by atoms with Gasteiger partial charge in [-0.1, -0.05) is 30.7 Å². The number of methoxy groups -OCH3 is 1. The summed E-state index contributed by atoms with van der Waals surface area (Å²) in [6, 6.07) is 10.1. The molecule has 1 N–H and O–H groups in total. The SMILES string of the molecule is CCc1ccc(O)c(F)c1.COc1cc(C)ccc1Cl. The highest BCUT2D eigenvalue weighted by Gasteiger charge is 1.98. The Morgan fingerprint density at radius 2 is 1.90 bits per heavy atom. The molecule has 0 saturated heterocycles. The predicted molar refractivity (Wildman–Crippen MR) is 80.2 cm³/mol. The van der Waals surface area contributed by atoms with E-state index in [1.54, 1.807) is 13.2 Å². The Morgan fingerprint density at radius 3 is 2.40 bits per heavy atom. The van der Waals surface area contributed by atoms with E-state index in [1.165, 1.54) is 12.1 Å². The van der Waals surface area contributed by atoms with Gasteiger partial charge in [0.2, 0.25) is 0 Å².